The van der Waals surface area contributed by atoms with Gasteiger partial charge in [0.15, 0.2) is 0 Å². The van der Waals surface area contributed by atoms with Gasteiger partial charge in [0.1, 0.15) is 0 Å². The number of hydrogen-bond acceptors (Lipinski definition) is 1. The van der Waals surface area contributed by atoms with Crippen LogP contribution in [-0.4, -0.2) is 11.7 Å². The smallest absolute Gasteiger partial charge is 0.0431 e. The lowest BCUT2D eigenvalue weighted by Gasteiger charge is -2.09. The molecule has 1 nitrogen and oxygen atoms in total. The predicted octanol–water partition coefficient (Wildman–Crippen LogP) is 6.26. The van der Waals surface area contributed by atoms with Crippen molar-refractivity contribution in [1.29, 1.82) is 0 Å². The summed E-state index contributed by atoms with van der Waals surface area (Å²) < 4.78 is 0. The maximum atomic E-state index is 8.69. The zero-order valence-corrected chi connectivity index (χ0v) is 14.1. The average molecular weight is 283 g/mol. The lowest BCUT2D eigenvalue weighted by Crippen LogP contribution is -1.94. The lowest BCUT2D eigenvalue weighted by atomic mass is 9.97. The number of hydrogen-bond donors (Lipinski definition) is 1. The molecule has 0 aliphatic carbocycles. The first kappa shape index (κ1) is 19.7. The number of aliphatic hydroxyl groups is 1. The summed E-state index contributed by atoms with van der Waals surface area (Å²) in [6, 6.07) is 0. The number of allylic oxidation sites excluding steroid dienone is 2. The van der Waals surface area contributed by atoms with Crippen LogP contribution in [0.25, 0.3) is 0 Å². The van der Waals surface area contributed by atoms with Crippen LogP contribution < -0.4 is 0 Å². The zero-order chi connectivity index (χ0) is 14.9. The van der Waals surface area contributed by atoms with Crippen LogP contribution in [-0.2, 0) is 0 Å². The molecule has 0 aromatic rings. The monoisotopic (exact) mass is 282 g/mol. The Bertz CT molecular complexity index is 192. The Hall–Kier alpha value is -0.300. The van der Waals surface area contributed by atoms with E-state index >= 15 is 0 Å². The molecule has 120 valence electrons. The maximum absolute atomic E-state index is 8.69. The quantitative estimate of drug-likeness (QED) is 0.277. The van der Waals surface area contributed by atoms with E-state index < -0.39 is 0 Å². The standard InChI is InChI=1S/C19H38O/c1-3-15-19(16-4-2)17-13-11-9-7-5-6-8-10-12-14-18-20/h13,17,19-20H,3-12,14-16,18H2,1-2H3/b17-13-. The van der Waals surface area contributed by atoms with E-state index in [1.165, 1.54) is 77.0 Å². The van der Waals surface area contributed by atoms with Gasteiger partial charge < -0.3 is 5.11 Å². The van der Waals surface area contributed by atoms with Crippen molar-refractivity contribution in [2.45, 2.75) is 97.3 Å². The van der Waals surface area contributed by atoms with Crippen LogP contribution in [0.3, 0.4) is 0 Å². The Morgan fingerprint density at radius 1 is 0.750 bits per heavy atom. The Morgan fingerprint density at radius 2 is 1.25 bits per heavy atom. The van der Waals surface area contributed by atoms with Crippen molar-refractivity contribution in [1.82, 2.24) is 0 Å². The van der Waals surface area contributed by atoms with Crippen LogP contribution in [0, 0.1) is 5.92 Å². The minimum atomic E-state index is 0.364. The van der Waals surface area contributed by atoms with E-state index in [9.17, 15) is 0 Å². The van der Waals surface area contributed by atoms with Crippen molar-refractivity contribution in [3.05, 3.63) is 12.2 Å². The average Bonchev–Trinajstić information content (AvgIpc) is 2.45. The molecule has 0 saturated carbocycles. The normalized spacial score (nSPS) is 11.8. The second kappa shape index (κ2) is 16.8. The van der Waals surface area contributed by atoms with Gasteiger partial charge >= 0.3 is 0 Å². The summed E-state index contributed by atoms with van der Waals surface area (Å²) in [7, 11) is 0. The molecule has 0 bridgehead atoms. The van der Waals surface area contributed by atoms with Crippen LogP contribution in [0.2, 0.25) is 0 Å². The molecule has 0 aliphatic rings. The fourth-order valence-electron chi connectivity index (χ4n) is 2.80. The van der Waals surface area contributed by atoms with Crippen molar-refractivity contribution >= 4 is 0 Å². The maximum Gasteiger partial charge on any atom is 0.0431 e. The third-order valence-corrected chi connectivity index (χ3v) is 4.01. The van der Waals surface area contributed by atoms with Gasteiger partial charge in [-0.3, -0.25) is 0 Å². The second-order valence-electron chi connectivity index (χ2n) is 6.11. The van der Waals surface area contributed by atoms with Crippen molar-refractivity contribution in [3.63, 3.8) is 0 Å². The van der Waals surface area contributed by atoms with Crippen molar-refractivity contribution in [3.8, 4) is 0 Å². The highest BCUT2D eigenvalue weighted by molar-refractivity contribution is 4.88. The first-order valence-corrected chi connectivity index (χ1v) is 9.12. The number of aliphatic hydroxyl groups excluding tert-OH is 1. The Labute approximate surface area is 127 Å². The van der Waals surface area contributed by atoms with Gasteiger partial charge in [-0.1, -0.05) is 77.4 Å². The summed E-state index contributed by atoms with van der Waals surface area (Å²) in [6.07, 6.45) is 21.9. The summed E-state index contributed by atoms with van der Waals surface area (Å²) in [6.45, 7) is 4.94. The summed E-state index contributed by atoms with van der Waals surface area (Å²) in [5.41, 5.74) is 0. The highest BCUT2D eigenvalue weighted by Gasteiger charge is 2.00. The van der Waals surface area contributed by atoms with Crippen molar-refractivity contribution in [2.75, 3.05) is 6.61 Å². The zero-order valence-electron chi connectivity index (χ0n) is 14.1. The first-order valence-electron chi connectivity index (χ1n) is 9.12. The van der Waals surface area contributed by atoms with Gasteiger partial charge in [-0.05, 0) is 38.0 Å². The molecule has 0 spiro atoms. The molecule has 0 aliphatic heterocycles. The number of rotatable bonds is 15. The minimum absolute atomic E-state index is 0.364. The highest BCUT2D eigenvalue weighted by Crippen LogP contribution is 2.16. The first-order chi connectivity index (χ1) is 9.85. The molecule has 0 heterocycles. The molecule has 1 N–H and O–H groups in total. The van der Waals surface area contributed by atoms with Gasteiger partial charge in [0, 0.05) is 6.61 Å². The molecule has 0 aromatic heterocycles. The van der Waals surface area contributed by atoms with E-state index in [1.807, 2.05) is 0 Å². The minimum Gasteiger partial charge on any atom is -0.396 e. The molecule has 0 saturated heterocycles. The summed E-state index contributed by atoms with van der Waals surface area (Å²) in [4.78, 5) is 0. The third kappa shape index (κ3) is 14.1. The SMILES string of the molecule is CCCC(/C=C\CCCCCCCCCCO)CCC. The van der Waals surface area contributed by atoms with E-state index in [-0.39, 0.29) is 0 Å². The van der Waals surface area contributed by atoms with Gasteiger partial charge in [0.25, 0.3) is 0 Å². The van der Waals surface area contributed by atoms with Crippen LogP contribution >= 0.6 is 0 Å². The molecule has 0 fully saturated rings. The van der Waals surface area contributed by atoms with Crippen molar-refractivity contribution < 1.29 is 5.11 Å². The predicted molar refractivity (Wildman–Crippen MR) is 91.1 cm³/mol. The highest BCUT2D eigenvalue weighted by atomic mass is 16.2. The van der Waals surface area contributed by atoms with E-state index in [1.54, 1.807) is 0 Å². The summed E-state index contributed by atoms with van der Waals surface area (Å²) in [5, 5.41) is 8.69. The third-order valence-electron chi connectivity index (χ3n) is 4.01. The summed E-state index contributed by atoms with van der Waals surface area (Å²) >= 11 is 0. The lowest BCUT2D eigenvalue weighted by molar-refractivity contribution is 0.282. The van der Waals surface area contributed by atoms with Crippen molar-refractivity contribution in [2.24, 2.45) is 5.92 Å². The van der Waals surface area contributed by atoms with E-state index in [2.05, 4.69) is 26.0 Å². The van der Waals surface area contributed by atoms with Gasteiger partial charge in [-0.2, -0.15) is 0 Å². The molecule has 20 heavy (non-hydrogen) atoms. The van der Waals surface area contributed by atoms with Gasteiger partial charge in [0.2, 0.25) is 0 Å². The Morgan fingerprint density at radius 3 is 1.75 bits per heavy atom. The molecule has 0 radical (unpaired) electrons. The largest absolute Gasteiger partial charge is 0.396 e. The molecular weight excluding hydrogens is 244 g/mol. The fraction of sp³-hybridized carbons (Fsp3) is 0.895. The van der Waals surface area contributed by atoms with E-state index in [4.69, 9.17) is 5.11 Å². The topological polar surface area (TPSA) is 20.2 Å². The molecule has 0 atom stereocenters. The van der Waals surface area contributed by atoms with E-state index in [0.717, 1.165) is 12.3 Å². The van der Waals surface area contributed by atoms with Crippen LogP contribution in [0.1, 0.15) is 97.3 Å². The van der Waals surface area contributed by atoms with Crippen LogP contribution in [0.15, 0.2) is 12.2 Å². The molecule has 1 heteroatoms. The van der Waals surface area contributed by atoms with E-state index in [0.29, 0.717) is 6.61 Å². The Balaban J connectivity index is 3.32. The molecule has 0 amide bonds. The van der Waals surface area contributed by atoms with Gasteiger partial charge in [-0.25, -0.2) is 0 Å². The molecule has 0 unspecified atom stereocenters. The second-order valence-corrected chi connectivity index (χ2v) is 6.11. The molecule has 0 rings (SSSR count). The molecular formula is C19H38O. The van der Waals surface area contributed by atoms with Gasteiger partial charge in [0.05, 0.1) is 0 Å². The Kier molecular flexibility index (Phi) is 16.5. The van der Waals surface area contributed by atoms with Crippen LogP contribution in [0.4, 0.5) is 0 Å². The number of unbranched alkanes of at least 4 members (excludes halogenated alkanes) is 8. The van der Waals surface area contributed by atoms with Gasteiger partial charge in [-0.15, -0.1) is 0 Å². The molecule has 0 aromatic carbocycles. The fourth-order valence-corrected chi connectivity index (χ4v) is 2.80. The van der Waals surface area contributed by atoms with Crippen LogP contribution in [0.5, 0.6) is 0 Å². The summed E-state index contributed by atoms with van der Waals surface area (Å²) in [5.74, 6) is 0.830.